The van der Waals surface area contributed by atoms with E-state index in [1.165, 1.54) is 25.7 Å². The predicted octanol–water partition coefficient (Wildman–Crippen LogP) is 4.25. The maximum atomic E-state index is 12.6. The fourth-order valence-corrected chi connectivity index (χ4v) is 8.13. The molecule has 0 aliphatic heterocycles. The number of aliphatic hydroxyl groups excluding tert-OH is 1. The molecular weight excluding hydrogens is 396 g/mol. The Kier molecular flexibility index (Phi) is 5.42. The van der Waals surface area contributed by atoms with Crippen molar-refractivity contribution >= 4 is 15.7 Å². The molecule has 1 aromatic carbocycles. The number of rotatable bonds is 3. The molecular formula is C24H34N2O3S. The minimum atomic E-state index is -3.61. The van der Waals surface area contributed by atoms with Crippen LogP contribution in [0.4, 0.5) is 0 Å². The van der Waals surface area contributed by atoms with Gasteiger partial charge in [0.2, 0.25) is 0 Å². The molecule has 0 saturated heterocycles. The Hall–Kier alpha value is -1.40. The van der Waals surface area contributed by atoms with Crippen molar-refractivity contribution < 1.29 is 13.5 Å². The Morgan fingerprint density at radius 1 is 0.900 bits per heavy atom. The summed E-state index contributed by atoms with van der Waals surface area (Å²) < 4.78 is 25.3. The van der Waals surface area contributed by atoms with Crippen molar-refractivity contribution in [1.82, 2.24) is 4.83 Å². The van der Waals surface area contributed by atoms with Crippen LogP contribution in [-0.2, 0) is 10.0 Å². The summed E-state index contributed by atoms with van der Waals surface area (Å²) in [4.78, 5) is 2.80. The molecule has 0 heterocycles. The molecule has 0 radical (unpaired) electrons. The molecule has 0 amide bonds. The number of hydrogen-bond donors (Lipinski definition) is 2. The molecule has 5 nitrogen and oxygen atoms in total. The molecule has 4 saturated carbocycles. The van der Waals surface area contributed by atoms with E-state index in [4.69, 9.17) is 0 Å². The lowest BCUT2D eigenvalue weighted by atomic mass is 9.53. The van der Waals surface area contributed by atoms with Crippen LogP contribution in [0.1, 0.15) is 63.4 Å². The lowest BCUT2D eigenvalue weighted by molar-refractivity contribution is -0.0411. The van der Waals surface area contributed by atoms with Crippen LogP contribution in [0.2, 0.25) is 0 Å². The molecule has 1 aromatic rings. The van der Waals surface area contributed by atoms with Crippen LogP contribution in [0.15, 0.2) is 34.3 Å². The van der Waals surface area contributed by atoms with E-state index in [9.17, 15) is 13.5 Å². The molecule has 4 aliphatic carbocycles. The van der Waals surface area contributed by atoms with Crippen molar-refractivity contribution in [1.29, 1.82) is 0 Å². The zero-order valence-electron chi connectivity index (χ0n) is 17.8. The number of nitrogens with zero attached hydrogens (tertiary/aromatic N) is 1. The lowest BCUT2D eigenvalue weighted by Gasteiger charge is -2.52. The van der Waals surface area contributed by atoms with Gasteiger partial charge in [0, 0.05) is 11.6 Å². The molecule has 0 spiro atoms. The average Bonchev–Trinajstić information content (AvgIpc) is 3.15. The maximum absolute atomic E-state index is 12.6. The minimum absolute atomic E-state index is 0.0779. The topological polar surface area (TPSA) is 78.8 Å². The van der Waals surface area contributed by atoms with E-state index in [2.05, 4.69) is 9.93 Å². The highest BCUT2D eigenvalue weighted by molar-refractivity contribution is 7.89. The summed E-state index contributed by atoms with van der Waals surface area (Å²) >= 11 is 0. The SMILES string of the molecule is Cc1ccc(S(=O)(=O)N/N=C2/CC[C@H]3[C@@H]4CC[C@@H]5C[C@@H](O)CC[C@H]5[C@H]4CC[C@H]23)cc1. The van der Waals surface area contributed by atoms with Crippen LogP contribution in [0.5, 0.6) is 0 Å². The number of benzene rings is 1. The third-order valence-electron chi connectivity index (χ3n) is 8.66. The van der Waals surface area contributed by atoms with Crippen LogP contribution < -0.4 is 4.83 Å². The zero-order chi connectivity index (χ0) is 20.9. The number of hydrazone groups is 1. The lowest BCUT2D eigenvalue weighted by Crippen LogP contribution is -2.45. The van der Waals surface area contributed by atoms with Crippen molar-refractivity contribution in [2.24, 2.45) is 40.6 Å². The van der Waals surface area contributed by atoms with Crippen LogP contribution in [0.3, 0.4) is 0 Å². The number of aliphatic hydroxyl groups is 1. The smallest absolute Gasteiger partial charge is 0.276 e. The zero-order valence-corrected chi connectivity index (χ0v) is 18.7. The first-order valence-electron chi connectivity index (χ1n) is 11.8. The first kappa shape index (κ1) is 20.5. The molecule has 2 N–H and O–H groups in total. The number of hydrogen-bond acceptors (Lipinski definition) is 4. The van der Waals surface area contributed by atoms with E-state index in [1.807, 2.05) is 19.1 Å². The minimum Gasteiger partial charge on any atom is -0.393 e. The summed E-state index contributed by atoms with van der Waals surface area (Å²) in [6.45, 7) is 1.95. The third-order valence-corrected chi connectivity index (χ3v) is 9.89. The Morgan fingerprint density at radius 3 is 2.40 bits per heavy atom. The van der Waals surface area contributed by atoms with Gasteiger partial charge >= 0.3 is 0 Å². The molecule has 4 aliphatic rings. The average molecular weight is 431 g/mol. The molecule has 0 unspecified atom stereocenters. The van der Waals surface area contributed by atoms with Gasteiger partial charge in [-0.3, -0.25) is 0 Å². The Morgan fingerprint density at radius 2 is 1.60 bits per heavy atom. The molecule has 0 aromatic heterocycles. The summed E-state index contributed by atoms with van der Waals surface area (Å²) in [5.41, 5.74) is 2.10. The highest BCUT2D eigenvalue weighted by atomic mass is 32.2. The number of fused-ring (bicyclic) bond motifs is 5. The van der Waals surface area contributed by atoms with Gasteiger partial charge < -0.3 is 5.11 Å². The second kappa shape index (κ2) is 7.94. The van der Waals surface area contributed by atoms with E-state index in [1.54, 1.807) is 12.1 Å². The van der Waals surface area contributed by atoms with Crippen molar-refractivity contribution in [3.63, 3.8) is 0 Å². The Bertz CT molecular complexity index is 911. The van der Waals surface area contributed by atoms with E-state index < -0.39 is 10.0 Å². The second-order valence-corrected chi connectivity index (χ2v) is 11.9. The number of sulfonamides is 1. The molecule has 30 heavy (non-hydrogen) atoms. The highest BCUT2D eigenvalue weighted by Crippen LogP contribution is 2.57. The molecule has 164 valence electrons. The van der Waals surface area contributed by atoms with Gasteiger partial charge in [-0.25, -0.2) is 4.83 Å². The van der Waals surface area contributed by atoms with Gasteiger partial charge in [0.25, 0.3) is 10.0 Å². The molecule has 5 rings (SSSR count). The van der Waals surface area contributed by atoms with Gasteiger partial charge in [-0.2, -0.15) is 13.5 Å². The molecule has 4 fully saturated rings. The monoisotopic (exact) mass is 430 g/mol. The number of nitrogens with one attached hydrogen (secondary N) is 1. The van der Waals surface area contributed by atoms with E-state index in [0.29, 0.717) is 11.8 Å². The van der Waals surface area contributed by atoms with Crippen molar-refractivity contribution in [2.75, 3.05) is 0 Å². The van der Waals surface area contributed by atoms with Crippen molar-refractivity contribution in [3.05, 3.63) is 29.8 Å². The van der Waals surface area contributed by atoms with E-state index >= 15 is 0 Å². The van der Waals surface area contributed by atoms with Gasteiger partial charge in [-0.05, 0) is 106 Å². The van der Waals surface area contributed by atoms with E-state index in [0.717, 1.165) is 67.1 Å². The van der Waals surface area contributed by atoms with Gasteiger partial charge in [0.05, 0.1) is 11.0 Å². The Balaban J connectivity index is 1.28. The van der Waals surface area contributed by atoms with Crippen LogP contribution in [0.25, 0.3) is 0 Å². The van der Waals surface area contributed by atoms with Gasteiger partial charge in [0.15, 0.2) is 0 Å². The van der Waals surface area contributed by atoms with Crippen LogP contribution >= 0.6 is 0 Å². The normalized spacial score (nSPS) is 39.8. The molecule has 6 heteroatoms. The third kappa shape index (κ3) is 3.70. The summed E-state index contributed by atoms with van der Waals surface area (Å²) in [6.07, 6.45) is 10.1. The quantitative estimate of drug-likeness (QED) is 0.704. The fraction of sp³-hybridized carbons (Fsp3) is 0.708. The second-order valence-electron chi connectivity index (χ2n) is 10.2. The highest BCUT2D eigenvalue weighted by Gasteiger charge is 2.51. The van der Waals surface area contributed by atoms with Gasteiger partial charge in [0.1, 0.15) is 0 Å². The number of aryl methyl sites for hydroxylation is 1. The first-order valence-corrected chi connectivity index (χ1v) is 13.2. The summed E-state index contributed by atoms with van der Waals surface area (Å²) in [5, 5.41) is 14.5. The largest absolute Gasteiger partial charge is 0.393 e. The van der Waals surface area contributed by atoms with Crippen LogP contribution in [0, 0.1) is 42.4 Å². The van der Waals surface area contributed by atoms with Gasteiger partial charge in [-0.1, -0.05) is 17.7 Å². The van der Waals surface area contributed by atoms with E-state index in [-0.39, 0.29) is 11.0 Å². The van der Waals surface area contributed by atoms with Crippen molar-refractivity contribution in [3.8, 4) is 0 Å². The fourth-order valence-electron chi connectivity index (χ4n) is 7.30. The predicted molar refractivity (Wildman–Crippen MR) is 117 cm³/mol. The Labute approximate surface area is 180 Å². The summed E-state index contributed by atoms with van der Waals surface area (Å²) in [5.74, 6) is 4.20. The van der Waals surface area contributed by atoms with Crippen molar-refractivity contribution in [2.45, 2.75) is 75.7 Å². The molecule has 7 atom stereocenters. The van der Waals surface area contributed by atoms with Crippen LogP contribution in [-0.4, -0.2) is 25.3 Å². The van der Waals surface area contributed by atoms with Gasteiger partial charge in [-0.15, -0.1) is 0 Å². The molecule has 0 bridgehead atoms. The standard InChI is InChI=1S/C24H34N2O3S/c1-15-2-6-18(7-3-15)30(28,29)26-25-24-13-12-22-21-8-4-16-14-17(27)5-9-19(16)20(21)10-11-23(22)24/h2-3,6-7,16-17,19-23,26-27H,4-5,8-14H2,1H3/b25-24-/t16-,17+,19-,20-,21-,22+,23+/m1/s1. The summed E-state index contributed by atoms with van der Waals surface area (Å²) in [7, 11) is -3.61. The first-order chi connectivity index (χ1) is 14.4. The maximum Gasteiger partial charge on any atom is 0.276 e. The summed E-state index contributed by atoms with van der Waals surface area (Å²) in [6, 6.07) is 6.91.